The summed E-state index contributed by atoms with van der Waals surface area (Å²) in [5.41, 5.74) is 2.22. The van der Waals surface area contributed by atoms with Crippen molar-refractivity contribution < 1.29 is 24.4 Å². The van der Waals surface area contributed by atoms with E-state index in [1.54, 1.807) is 16.8 Å². The van der Waals surface area contributed by atoms with Gasteiger partial charge in [0.25, 0.3) is 0 Å². The molecular weight excluding hydrogens is 403 g/mol. The molecule has 12 heteroatoms. The number of aromatic nitrogens is 3. The fraction of sp³-hybridized carbons (Fsp3) is 0.474. The number of rotatable bonds is 8. The highest BCUT2D eigenvalue weighted by atomic mass is 16.5. The van der Waals surface area contributed by atoms with Crippen LogP contribution in [0.25, 0.3) is 0 Å². The zero-order chi connectivity index (χ0) is 22.7. The van der Waals surface area contributed by atoms with Crippen LogP contribution >= 0.6 is 0 Å². The van der Waals surface area contributed by atoms with Gasteiger partial charge in [0, 0.05) is 13.1 Å². The van der Waals surface area contributed by atoms with Crippen LogP contribution < -0.4 is 9.97 Å². The maximum atomic E-state index is 12.7. The number of carboxylic acids is 1. The number of aromatic carboxylic acids is 1. The Morgan fingerprint density at radius 1 is 1.26 bits per heavy atom. The molecule has 0 unspecified atom stereocenters. The molecule has 1 atom stereocenters. The lowest BCUT2D eigenvalue weighted by Crippen LogP contribution is -2.53. The predicted octanol–water partition coefficient (Wildman–Crippen LogP) is -0.761. The van der Waals surface area contributed by atoms with E-state index in [0.29, 0.717) is 18.7 Å². The molecule has 0 saturated carbocycles. The van der Waals surface area contributed by atoms with Crippen LogP contribution in [-0.2, 0) is 30.8 Å². The van der Waals surface area contributed by atoms with Crippen molar-refractivity contribution in [3.05, 3.63) is 40.7 Å². The zero-order valence-corrected chi connectivity index (χ0v) is 18.1. The van der Waals surface area contributed by atoms with Crippen molar-refractivity contribution in [1.82, 2.24) is 30.1 Å². The average molecular weight is 430 g/mol. The van der Waals surface area contributed by atoms with Gasteiger partial charge in [0.1, 0.15) is 18.0 Å². The quantitative estimate of drug-likeness (QED) is 0.462. The summed E-state index contributed by atoms with van der Waals surface area (Å²) in [6, 6.07) is 4.74. The Morgan fingerprint density at radius 2 is 1.97 bits per heavy atom. The highest BCUT2D eigenvalue weighted by Crippen LogP contribution is 2.30. The van der Waals surface area contributed by atoms with E-state index in [2.05, 4.69) is 15.6 Å². The average Bonchev–Trinajstić information content (AvgIpc) is 3.01. The first-order chi connectivity index (χ1) is 14.7. The second kappa shape index (κ2) is 9.46. The number of amides is 1. The molecule has 1 aromatic carbocycles. The molecule has 2 heterocycles. The fourth-order valence-corrected chi connectivity index (χ4v) is 3.50. The SMILES string of the molecule is CN(C)Cc1nnn(CC(=O)N[C@H]2Cc3cccc(C(=O)O)c3OB2O)c1CN(C)C. The molecule has 1 aromatic heterocycles. The summed E-state index contributed by atoms with van der Waals surface area (Å²) in [4.78, 5) is 28.0. The van der Waals surface area contributed by atoms with Gasteiger partial charge in [-0.2, -0.15) is 0 Å². The minimum absolute atomic E-state index is 0.0225. The Balaban J connectivity index is 1.72. The number of nitrogens with one attached hydrogen (secondary N) is 1. The van der Waals surface area contributed by atoms with Crippen LogP contribution in [0, 0.1) is 0 Å². The minimum Gasteiger partial charge on any atom is -0.534 e. The summed E-state index contributed by atoms with van der Waals surface area (Å²) in [6.07, 6.45) is 0.247. The molecule has 0 radical (unpaired) electrons. The maximum Gasteiger partial charge on any atom is 0.547 e. The molecule has 31 heavy (non-hydrogen) atoms. The van der Waals surface area contributed by atoms with Gasteiger partial charge in [0.2, 0.25) is 5.91 Å². The van der Waals surface area contributed by atoms with Crippen LogP contribution in [0.4, 0.5) is 0 Å². The number of carbonyl (C=O) groups is 2. The van der Waals surface area contributed by atoms with Gasteiger partial charge in [-0.05, 0) is 46.2 Å². The fourth-order valence-electron chi connectivity index (χ4n) is 3.50. The Kier molecular flexibility index (Phi) is 6.93. The van der Waals surface area contributed by atoms with Crippen LogP contribution in [0.3, 0.4) is 0 Å². The molecule has 0 bridgehead atoms. The number of carbonyl (C=O) groups excluding carboxylic acids is 1. The summed E-state index contributed by atoms with van der Waals surface area (Å²) >= 11 is 0. The topological polar surface area (TPSA) is 133 Å². The second-order valence-electron chi connectivity index (χ2n) is 8.10. The molecule has 1 aliphatic heterocycles. The molecule has 0 saturated heterocycles. The zero-order valence-electron chi connectivity index (χ0n) is 18.1. The van der Waals surface area contributed by atoms with Gasteiger partial charge < -0.3 is 29.9 Å². The van der Waals surface area contributed by atoms with Gasteiger partial charge in [0.05, 0.1) is 17.2 Å². The van der Waals surface area contributed by atoms with Crippen molar-refractivity contribution in [2.45, 2.75) is 32.0 Å². The van der Waals surface area contributed by atoms with Crippen molar-refractivity contribution in [2.24, 2.45) is 0 Å². The van der Waals surface area contributed by atoms with E-state index < -0.39 is 19.0 Å². The molecule has 0 spiro atoms. The predicted molar refractivity (Wildman–Crippen MR) is 112 cm³/mol. The third-order valence-corrected chi connectivity index (χ3v) is 4.84. The monoisotopic (exact) mass is 430 g/mol. The van der Waals surface area contributed by atoms with Crippen LogP contribution in [0.1, 0.15) is 27.3 Å². The molecule has 11 nitrogen and oxygen atoms in total. The van der Waals surface area contributed by atoms with Crippen LogP contribution in [0.2, 0.25) is 0 Å². The molecule has 1 aliphatic rings. The first kappa shape index (κ1) is 22.7. The molecule has 0 fully saturated rings. The number of hydrogen-bond acceptors (Lipinski definition) is 8. The Bertz CT molecular complexity index is 963. The van der Waals surface area contributed by atoms with E-state index in [4.69, 9.17) is 4.65 Å². The molecule has 166 valence electrons. The van der Waals surface area contributed by atoms with Gasteiger partial charge in [-0.1, -0.05) is 17.3 Å². The molecular formula is C19H27BN6O5. The summed E-state index contributed by atoms with van der Waals surface area (Å²) in [5.74, 6) is -2.08. The Morgan fingerprint density at radius 3 is 2.61 bits per heavy atom. The van der Waals surface area contributed by atoms with E-state index in [1.165, 1.54) is 6.07 Å². The number of benzene rings is 1. The largest absolute Gasteiger partial charge is 0.547 e. The third kappa shape index (κ3) is 5.40. The maximum absolute atomic E-state index is 12.7. The Labute approximate surface area is 180 Å². The first-order valence-electron chi connectivity index (χ1n) is 9.85. The van der Waals surface area contributed by atoms with Crippen molar-refractivity contribution >= 4 is 19.0 Å². The van der Waals surface area contributed by atoms with E-state index in [1.807, 2.05) is 38.0 Å². The number of carboxylic acid groups (broad SMARTS) is 1. The van der Waals surface area contributed by atoms with Crippen molar-refractivity contribution in [1.29, 1.82) is 0 Å². The van der Waals surface area contributed by atoms with Crippen molar-refractivity contribution in [2.75, 3.05) is 28.2 Å². The number of para-hydroxylation sites is 1. The van der Waals surface area contributed by atoms with Crippen molar-refractivity contribution in [3.8, 4) is 5.75 Å². The van der Waals surface area contributed by atoms with Crippen LogP contribution in [0.5, 0.6) is 5.75 Å². The molecule has 1 amide bonds. The number of fused-ring (bicyclic) bond motifs is 1. The van der Waals surface area contributed by atoms with Gasteiger partial charge >= 0.3 is 13.1 Å². The number of hydrogen-bond donors (Lipinski definition) is 3. The normalized spacial score (nSPS) is 15.7. The molecule has 2 aromatic rings. The third-order valence-electron chi connectivity index (χ3n) is 4.84. The van der Waals surface area contributed by atoms with Gasteiger partial charge in [-0.3, -0.25) is 4.79 Å². The lowest BCUT2D eigenvalue weighted by atomic mass is 9.72. The summed E-state index contributed by atoms with van der Waals surface area (Å²) in [6.45, 7) is 1.11. The molecule has 3 rings (SSSR count). The van der Waals surface area contributed by atoms with Crippen molar-refractivity contribution in [3.63, 3.8) is 0 Å². The highest BCUT2D eigenvalue weighted by Gasteiger charge is 2.37. The van der Waals surface area contributed by atoms with Gasteiger partial charge in [-0.15, -0.1) is 5.10 Å². The first-order valence-corrected chi connectivity index (χ1v) is 9.85. The molecule has 0 aliphatic carbocycles. The minimum atomic E-state index is -1.36. The smallest absolute Gasteiger partial charge is 0.534 e. The highest BCUT2D eigenvalue weighted by molar-refractivity contribution is 6.47. The van der Waals surface area contributed by atoms with E-state index in [0.717, 1.165) is 11.4 Å². The molecule has 3 N–H and O–H groups in total. The summed E-state index contributed by atoms with van der Waals surface area (Å²) < 4.78 is 6.98. The number of nitrogens with zero attached hydrogens (tertiary/aromatic N) is 5. The van der Waals surface area contributed by atoms with E-state index in [9.17, 15) is 19.7 Å². The van der Waals surface area contributed by atoms with Gasteiger partial charge in [0.15, 0.2) is 0 Å². The Hall–Kier alpha value is -2.96. The summed E-state index contributed by atoms with van der Waals surface area (Å²) in [7, 11) is 6.36. The second-order valence-corrected chi connectivity index (χ2v) is 8.10. The van der Waals surface area contributed by atoms with E-state index >= 15 is 0 Å². The van der Waals surface area contributed by atoms with Crippen LogP contribution in [-0.4, -0.2) is 88.1 Å². The van der Waals surface area contributed by atoms with Gasteiger partial charge in [-0.25, -0.2) is 9.48 Å². The lowest BCUT2D eigenvalue weighted by Gasteiger charge is -2.29. The standard InChI is InChI=1S/C19H27BN6O5/c1-24(2)9-14-15(10-25(3)4)26(23-22-14)11-17(27)21-16-8-12-6-5-7-13(19(28)29)18(12)31-20(16)30/h5-7,16,30H,8-11H2,1-4H3,(H,21,27)(H,28,29)/t16-/m0/s1. The van der Waals surface area contributed by atoms with E-state index in [-0.39, 0.29) is 30.2 Å². The van der Waals surface area contributed by atoms with Crippen LogP contribution in [0.15, 0.2) is 18.2 Å². The summed E-state index contributed by atoms with van der Waals surface area (Å²) in [5, 5.41) is 30.7. The lowest BCUT2D eigenvalue weighted by molar-refractivity contribution is -0.122.